The van der Waals surface area contributed by atoms with E-state index in [2.05, 4.69) is 30.5 Å². The van der Waals surface area contributed by atoms with E-state index in [1.165, 1.54) is 0 Å². The molecular weight excluding hydrogens is 394 g/mol. The molecule has 1 atom stereocenters. The number of fused-ring (bicyclic) bond motifs is 1. The molecule has 158 valence electrons. The number of carbonyl (C=O) groups is 1. The molecule has 0 aliphatic rings. The van der Waals surface area contributed by atoms with Gasteiger partial charge in [-0.05, 0) is 38.5 Å². The lowest BCUT2D eigenvalue weighted by atomic mass is 10.1. The number of amides is 1. The van der Waals surface area contributed by atoms with Gasteiger partial charge >= 0.3 is 0 Å². The van der Waals surface area contributed by atoms with Crippen molar-refractivity contribution < 1.29 is 9.21 Å². The molecule has 4 aromatic rings. The van der Waals surface area contributed by atoms with Gasteiger partial charge in [-0.25, -0.2) is 15.0 Å². The maximum Gasteiger partial charge on any atom is 0.293 e. The molecule has 0 saturated carbocycles. The highest BCUT2D eigenvalue weighted by Crippen LogP contribution is 2.27. The number of hydrogen-bond donors (Lipinski definition) is 1. The molecule has 1 aromatic carbocycles. The van der Waals surface area contributed by atoms with Crippen LogP contribution in [-0.4, -0.2) is 32.3 Å². The number of azo groups is 1. The highest BCUT2D eigenvalue weighted by Gasteiger charge is 2.17. The molecule has 9 nitrogen and oxygen atoms in total. The van der Waals surface area contributed by atoms with Crippen molar-refractivity contribution in [2.24, 2.45) is 10.2 Å². The minimum absolute atomic E-state index is 0.0868. The molecule has 0 saturated heterocycles. The standard InChI is InChI=1S/C22H23N7O2/c1-12-6-7-17(26-21(30)20-14(3)25-15(4)31-20)8-18(12)19-11-29-10-16(13(2)28-23-5)9-24-22(29)27-19/h6-11,13H,1-5H3,(H,26,30). The fraction of sp³-hybridized carbons (Fsp3) is 0.273. The Kier molecular flexibility index (Phi) is 5.33. The number of hydrogen-bond acceptors (Lipinski definition) is 7. The lowest BCUT2D eigenvalue weighted by molar-refractivity contribution is 0.0994. The Morgan fingerprint density at radius 3 is 2.71 bits per heavy atom. The van der Waals surface area contributed by atoms with Gasteiger partial charge in [0.1, 0.15) is 0 Å². The number of nitrogens with one attached hydrogen (secondary N) is 1. The quantitative estimate of drug-likeness (QED) is 0.473. The molecule has 9 heteroatoms. The molecule has 0 spiro atoms. The van der Waals surface area contributed by atoms with Gasteiger partial charge in [-0.2, -0.15) is 10.2 Å². The normalized spacial score (nSPS) is 12.5. The van der Waals surface area contributed by atoms with Crippen molar-refractivity contribution in [2.75, 3.05) is 12.4 Å². The van der Waals surface area contributed by atoms with E-state index in [-0.39, 0.29) is 17.7 Å². The molecular formula is C22H23N7O2. The number of aryl methyl sites for hydroxylation is 3. The van der Waals surface area contributed by atoms with Crippen molar-refractivity contribution in [1.29, 1.82) is 0 Å². The van der Waals surface area contributed by atoms with Gasteiger partial charge in [0, 0.05) is 49.4 Å². The van der Waals surface area contributed by atoms with Gasteiger partial charge in [-0.15, -0.1) is 0 Å². The van der Waals surface area contributed by atoms with Crippen LogP contribution >= 0.6 is 0 Å². The molecule has 31 heavy (non-hydrogen) atoms. The van der Waals surface area contributed by atoms with Crippen molar-refractivity contribution in [3.63, 3.8) is 0 Å². The first-order chi connectivity index (χ1) is 14.9. The third-order valence-corrected chi connectivity index (χ3v) is 4.98. The van der Waals surface area contributed by atoms with Crippen molar-refractivity contribution in [3.05, 3.63) is 65.3 Å². The first kappa shape index (κ1) is 20.4. The van der Waals surface area contributed by atoms with Gasteiger partial charge in [0.05, 0.1) is 17.4 Å². The summed E-state index contributed by atoms with van der Waals surface area (Å²) in [5, 5.41) is 10.9. The molecule has 1 amide bonds. The predicted octanol–water partition coefficient (Wildman–Crippen LogP) is 4.70. The van der Waals surface area contributed by atoms with E-state index >= 15 is 0 Å². The average molecular weight is 417 g/mol. The molecule has 0 aliphatic carbocycles. The monoisotopic (exact) mass is 417 g/mol. The number of imidazole rings is 1. The second-order valence-corrected chi connectivity index (χ2v) is 7.34. The van der Waals surface area contributed by atoms with Crippen molar-refractivity contribution in [3.8, 4) is 11.3 Å². The molecule has 0 radical (unpaired) electrons. The Labute approximate surface area is 179 Å². The smallest absolute Gasteiger partial charge is 0.293 e. The number of oxazole rings is 1. The molecule has 4 rings (SSSR count). The fourth-order valence-electron chi connectivity index (χ4n) is 3.39. The van der Waals surface area contributed by atoms with E-state index in [1.807, 2.05) is 48.8 Å². The Morgan fingerprint density at radius 1 is 1.19 bits per heavy atom. The SMILES string of the molecule is CN=NC(C)c1cnc2nc(-c3cc(NC(=O)c4oc(C)nc4C)ccc3C)cn2c1. The van der Waals surface area contributed by atoms with Crippen LogP contribution < -0.4 is 5.32 Å². The van der Waals surface area contributed by atoms with Crippen molar-refractivity contribution in [1.82, 2.24) is 19.4 Å². The van der Waals surface area contributed by atoms with Gasteiger partial charge < -0.3 is 9.73 Å². The average Bonchev–Trinajstić information content (AvgIpc) is 3.31. The van der Waals surface area contributed by atoms with E-state index < -0.39 is 0 Å². The summed E-state index contributed by atoms with van der Waals surface area (Å²) in [6.45, 7) is 7.41. The summed E-state index contributed by atoms with van der Waals surface area (Å²) in [5.74, 6) is 0.912. The molecule has 1 N–H and O–H groups in total. The van der Waals surface area contributed by atoms with Crippen LogP contribution in [0.3, 0.4) is 0 Å². The van der Waals surface area contributed by atoms with Crippen LogP contribution in [0.1, 0.15) is 46.2 Å². The van der Waals surface area contributed by atoms with E-state index in [4.69, 9.17) is 4.42 Å². The fourth-order valence-corrected chi connectivity index (χ4v) is 3.39. The topological polar surface area (TPSA) is 110 Å². The Bertz CT molecular complexity index is 1300. The minimum atomic E-state index is -0.340. The predicted molar refractivity (Wildman–Crippen MR) is 116 cm³/mol. The van der Waals surface area contributed by atoms with Crippen LogP contribution in [0.5, 0.6) is 0 Å². The summed E-state index contributed by atoms with van der Waals surface area (Å²) < 4.78 is 7.29. The number of anilines is 1. The van der Waals surface area contributed by atoms with Crippen LogP contribution in [0, 0.1) is 20.8 Å². The van der Waals surface area contributed by atoms with Crippen LogP contribution in [0.4, 0.5) is 5.69 Å². The van der Waals surface area contributed by atoms with Gasteiger partial charge in [0.2, 0.25) is 11.5 Å². The highest BCUT2D eigenvalue weighted by atomic mass is 16.4. The third-order valence-electron chi connectivity index (χ3n) is 4.98. The second-order valence-electron chi connectivity index (χ2n) is 7.34. The molecule has 3 heterocycles. The number of aromatic nitrogens is 4. The number of rotatable bonds is 5. The van der Waals surface area contributed by atoms with Gasteiger partial charge in [-0.3, -0.25) is 9.20 Å². The van der Waals surface area contributed by atoms with Crippen LogP contribution in [0.2, 0.25) is 0 Å². The highest BCUT2D eigenvalue weighted by molar-refractivity contribution is 6.03. The Morgan fingerprint density at radius 2 is 2.00 bits per heavy atom. The zero-order valence-electron chi connectivity index (χ0n) is 18.0. The molecule has 3 aromatic heterocycles. The lowest BCUT2D eigenvalue weighted by Crippen LogP contribution is -2.12. The van der Waals surface area contributed by atoms with Crippen LogP contribution in [0.15, 0.2) is 51.4 Å². The van der Waals surface area contributed by atoms with Gasteiger partial charge in [0.25, 0.3) is 5.91 Å². The third kappa shape index (κ3) is 4.07. The van der Waals surface area contributed by atoms with E-state index in [0.717, 1.165) is 22.4 Å². The Balaban J connectivity index is 1.65. The molecule has 0 fully saturated rings. The van der Waals surface area contributed by atoms with Crippen LogP contribution in [-0.2, 0) is 0 Å². The van der Waals surface area contributed by atoms with Crippen molar-refractivity contribution >= 4 is 17.4 Å². The van der Waals surface area contributed by atoms with Gasteiger partial charge in [-0.1, -0.05) is 6.07 Å². The Hall–Kier alpha value is -3.88. The first-order valence-electron chi connectivity index (χ1n) is 9.85. The minimum Gasteiger partial charge on any atom is -0.436 e. The number of nitrogens with zero attached hydrogens (tertiary/aromatic N) is 6. The van der Waals surface area contributed by atoms with E-state index in [9.17, 15) is 4.79 Å². The summed E-state index contributed by atoms with van der Waals surface area (Å²) in [5.41, 5.74) is 4.83. The summed E-state index contributed by atoms with van der Waals surface area (Å²) in [7, 11) is 1.65. The number of carbonyl (C=O) groups excluding carboxylic acids is 1. The first-order valence-corrected chi connectivity index (χ1v) is 9.85. The maximum absolute atomic E-state index is 12.6. The van der Waals surface area contributed by atoms with Crippen molar-refractivity contribution in [2.45, 2.75) is 33.7 Å². The summed E-state index contributed by atoms with van der Waals surface area (Å²) >= 11 is 0. The zero-order chi connectivity index (χ0) is 22.1. The molecule has 1 unspecified atom stereocenters. The second kappa shape index (κ2) is 8.10. The summed E-state index contributed by atoms with van der Waals surface area (Å²) in [4.78, 5) is 25.8. The maximum atomic E-state index is 12.6. The zero-order valence-corrected chi connectivity index (χ0v) is 18.0. The number of benzene rings is 1. The van der Waals surface area contributed by atoms with E-state index in [0.29, 0.717) is 23.0 Å². The lowest BCUT2D eigenvalue weighted by Gasteiger charge is -2.08. The molecule has 0 bridgehead atoms. The largest absolute Gasteiger partial charge is 0.436 e. The summed E-state index contributed by atoms with van der Waals surface area (Å²) in [6.07, 6.45) is 5.63. The van der Waals surface area contributed by atoms with Gasteiger partial charge in [0.15, 0.2) is 5.89 Å². The van der Waals surface area contributed by atoms with E-state index in [1.54, 1.807) is 27.1 Å². The molecule has 0 aliphatic heterocycles. The van der Waals surface area contributed by atoms with Crippen LogP contribution in [0.25, 0.3) is 17.0 Å². The summed E-state index contributed by atoms with van der Waals surface area (Å²) in [6, 6.07) is 5.59.